The summed E-state index contributed by atoms with van der Waals surface area (Å²) in [5, 5.41) is 8.54. The average molecular weight is 292 g/mol. The van der Waals surface area contributed by atoms with E-state index in [1.54, 1.807) is 7.11 Å². The van der Waals surface area contributed by atoms with E-state index in [-0.39, 0.29) is 5.60 Å². The summed E-state index contributed by atoms with van der Waals surface area (Å²) in [7, 11) is 1.78. The molecule has 4 nitrogen and oxygen atoms in total. The Labute approximate surface area is 123 Å². The van der Waals surface area contributed by atoms with Gasteiger partial charge in [0.15, 0.2) is 5.82 Å². The molecule has 1 aliphatic carbocycles. The zero-order chi connectivity index (χ0) is 14.0. The van der Waals surface area contributed by atoms with Gasteiger partial charge in [-0.3, -0.25) is 4.57 Å². The fourth-order valence-electron chi connectivity index (χ4n) is 2.74. The lowest BCUT2D eigenvalue weighted by Crippen LogP contribution is -2.42. The number of nitrogens with zero attached hydrogens (tertiary/aromatic N) is 3. The zero-order valence-electron chi connectivity index (χ0n) is 11.6. The number of alkyl halides is 1. The van der Waals surface area contributed by atoms with Gasteiger partial charge in [0.1, 0.15) is 5.82 Å². The Morgan fingerprint density at radius 3 is 2.45 bits per heavy atom. The van der Waals surface area contributed by atoms with E-state index in [1.807, 2.05) is 34.9 Å². The molecule has 1 aliphatic rings. The Kier molecular flexibility index (Phi) is 3.76. The van der Waals surface area contributed by atoms with E-state index in [0.717, 1.165) is 36.6 Å². The van der Waals surface area contributed by atoms with E-state index in [0.29, 0.717) is 5.88 Å². The minimum absolute atomic E-state index is 0.0663. The van der Waals surface area contributed by atoms with Crippen molar-refractivity contribution in [1.29, 1.82) is 0 Å². The van der Waals surface area contributed by atoms with Gasteiger partial charge in [0.05, 0.1) is 11.5 Å². The van der Waals surface area contributed by atoms with Gasteiger partial charge >= 0.3 is 0 Å². The van der Waals surface area contributed by atoms with Crippen LogP contribution in [0.1, 0.15) is 30.9 Å². The largest absolute Gasteiger partial charge is 0.378 e. The molecule has 0 unspecified atom stereocenters. The fraction of sp³-hybridized carbons (Fsp3) is 0.467. The van der Waals surface area contributed by atoms with Crippen LogP contribution in [0.3, 0.4) is 0 Å². The average Bonchev–Trinajstić information content (AvgIpc) is 2.86. The molecule has 0 aliphatic heterocycles. The third kappa shape index (κ3) is 2.34. The molecular weight excluding hydrogens is 274 g/mol. The summed E-state index contributed by atoms with van der Waals surface area (Å²) in [5.74, 6) is 2.05. The van der Waals surface area contributed by atoms with Crippen LogP contribution in [0.15, 0.2) is 30.3 Å². The van der Waals surface area contributed by atoms with Crippen molar-refractivity contribution in [2.75, 3.05) is 7.11 Å². The highest BCUT2D eigenvalue weighted by atomic mass is 35.5. The Morgan fingerprint density at radius 1 is 1.20 bits per heavy atom. The number of rotatable bonds is 5. The number of hydrogen-bond acceptors (Lipinski definition) is 3. The van der Waals surface area contributed by atoms with Crippen LogP contribution in [0.5, 0.6) is 0 Å². The van der Waals surface area contributed by atoms with Crippen molar-refractivity contribution in [2.24, 2.45) is 0 Å². The smallest absolute Gasteiger partial charge is 0.152 e. The number of aromatic nitrogens is 3. The van der Waals surface area contributed by atoms with Crippen LogP contribution in [-0.2, 0) is 17.0 Å². The van der Waals surface area contributed by atoms with E-state index >= 15 is 0 Å². The summed E-state index contributed by atoms with van der Waals surface area (Å²) < 4.78 is 7.75. The van der Waals surface area contributed by atoms with Gasteiger partial charge in [-0.1, -0.05) is 18.2 Å². The molecule has 0 saturated heterocycles. The summed E-state index contributed by atoms with van der Waals surface area (Å²) in [4.78, 5) is 0. The van der Waals surface area contributed by atoms with Crippen LogP contribution < -0.4 is 0 Å². The topological polar surface area (TPSA) is 39.9 Å². The second-order valence-electron chi connectivity index (χ2n) is 5.25. The van der Waals surface area contributed by atoms with Crippen LogP contribution in [0.4, 0.5) is 0 Å². The summed E-state index contributed by atoms with van der Waals surface area (Å²) >= 11 is 5.99. The van der Waals surface area contributed by atoms with Crippen molar-refractivity contribution in [3.8, 4) is 5.69 Å². The van der Waals surface area contributed by atoms with Crippen molar-refractivity contribution in [2.45, 2.75) is 37.2 Å². The van der Waals surface area contributed by atoms with Crippen LogP contribution in [-0.4, -0.2) is 27.5 Å². The first-order valence-electron chi connectivity index (χ1n) is 6.88. The van der Waals surface area contributed by atoms with E-state index in [4.69, 9.17) is 16.3 Å². The standard InChI is InChI=1S/C15H18ClN3O/c1-20-15(8-5-9-15)10-13-17-18-14(11-16)19(13)12-6-3-2-4-7-12/h2-4,6-7H,5,8-11H2,1H3. The molecule has 1 fully saturated rings. The van der Waals surface area contributed by atoms with Gasteiger partial charge < -0.3 is 4.74 Å². The number of para-hydroxylation sites is 1. The lowest BCUT2D eigenvalue weighted by molar-refractivity contribution is -0.0723. The maximum absolute atomic E-state index is 5.99. The Bertz CT molecular complexity index is 573. The van der Waals surface area contributed by atoms with E-state index in [1.165, 1.54) is 6.42 Å². The minimum Gasteiger partial charge on any atom is -0.378 e. The normalized spacial score (nSPS) is 16.9. The molecule has 1 aromatic carbocycles. The second kappa shape index (κ2) is 5.54. The monoisotopic (exact) mass is 291 g/mol. The minimum atomic E-state index is -0.0663. The lowest BCUT2D eigenvalue weighted by Gasteiger charge is -2.40. The first-order chi connectivity index (χ1) is 9.78. The van der Waals surface area contributed by atoms with Crippen molar-refractivity contribution in [3.63, 3.8) is 0 Å². The molecule has 0 spiro atoms. The summed E-state index contributed by atoms with van der Waals surface area (Å²) in [6.45, 7) is 0. The zero-order valence-corrected chi connectivity index (χ0v) is 12.3. The Morgan fingerprint density at radius 2 is 1.90 bits per heavy atom. The van der Waals surface area contributed by atoms with Gasteiger partial charge in [-0.15, -0.1) is 21.8 Å². The predicted molar refractivity (Wildman–Crippen MR) is 78.2 cm³/mol. The molecule has 1 saturated carbocycles. The molecule has 0 bridgehead atoms. The van der Waals surface area contributed by atoms with Gasteiger partial charge in [-0.25, -0.2) is 0 Å². The molecule has 1 heterocycles. The van der Waals surface area contributed by atoms with Gasteiger partial charge in [0.25, 0.3) is 0 Å². The Hall–Kier alpha value is -1.39. The summed E-state index contributed by atoms with van der Waals surface area (Å²) in [6, 6.07) is 10.1. The highest BCUT2D eigenvalue weighted by Gasteiger charge is 2.38. The molecule has 0 N–H and O–H groups in total. The van der Waals surface area contributed by atoms with Gasteiger partial charge in [-0.2, -0.15) is 0 Å². The number of hydrogen-bond donors (Lipinski definition) is 0. The number of ether oxygens (including phenoxy) is 1. The third-order valence-electron chi connectivity index (χ3n) is 4.11. The van der Waals surface area contributed by atoms with Crippen molar-refractivity contribution >= 4 is 11.6 Å². The first kappa shape index (κ1) is 13.6. The van der Waals surface area contributed by atoms with Crippen LogP contribution >= 0.6 is 11.6 Å². The summed E-state index contributed by atoms with van der Waals surface area (Å²) in [6.07, 6.45) is 4.17. The van der Waals surface area contributed by atoms with Gasteiger partial charge in [0.2, 0.25) is 0 Å². The summed E-state index contributed by atoms with van der Waals surface area (Å²) in [5.41, 5.74) is 0.983. The predicted octanol–water partition coefficient (Wildman–Crippen LogP) is 3.12. The quantitative estimate of drug-likeness (QED) is 0.795. The highest BCUT2D eigenvalue weighted by Crippen LogP contribution is 2.38. The van der Waals surface area contributed by atoms with E-state index in [2.05, 4.69) is 10.2 Å². The second-order valence-corrected chi connectivity index (χ2v) is 5.52. The van der Waals surface area contributed by atoms with Crippen LogP contribution in [0, 0.1) is 0 Å². The van der Waals surface area contributed by atoms with Crippen molar-refractivity contribution in [1.82, 2.24) is 14.8 Å². The molecule has 0 radical (unpaired) electrons. The van der Waals surface area contributed by atoms with Crippen molar-refractivity contribution in [3.05, 3.63) is 42.0 Å². The third-order valence-corrected chi connectivity index (χ3v) is 4.35. The SMILES string of the molecule is COC1(Cc2nnc(CCl)n2-c2ccccc2)CCC1. The van der Waals surface area contributed by atoms with Crippen LogP contribution in [0.25, 0.3) is 5.69 Å². The molecule has 3 rings (SSSR count). The van der Waals surface area contributed by atoms with Gasteiger partial charge in [0, 0.05) is 19.2 Å². The number of halogens is 1. The first-order valence-corrected chi connectivity index (χ1v) is 7.41. The molecule has 2 aromatic rings. The van der Waals surface area contributed by atoms with E-state index < -0.39 is 0 Å². The number of benzene rings is 1. The highest BCUT2D eigenvalue weighted by molar-refractivity contribution is 6.16. The van der Waals surface area contributed by atoms with Crippen LogP contribution in [0.2, 0.25) is 0 Å². The fourth-order valence-corrected chi connectivity index (χ4v) is 2.92. The van der Waals surface area contributed by atoms with Crippen molar-refractivity contribution < 1.29 is 4.74 Å². The maximum Gasteiger partial charge on any atom is 0.152 e. The van der Waals surface area contributed by atoms with Gasteiger partial charge in [-0.05, 0) is 31.4 Å². The lowest BCUT2D eigenvalue weighted by atomic mass is 9.77. The molecular formula is C15H18ClN3O. The number of methoxy groups -OCH3 is 1. The Balaban J connectivity index is 1.98. The van der Waals surface area contributed by atoms with E-state index in [9.17, 15) is 0 Å². The molecule has 5 heteroatoms. The molecule has 20 heavy (non-hydrogen) atoms. The molecule has 0 atom stereocenters. The molecule has 0 amide bonds. The molecule has 106 valence electrons. The molecule has 1 aromatic heterocycles. The maximum atomic E-state index is 5.99.